The first-order valence-electron chi connectivity index (χ1n) is 9.45. The van der Waals surface area contributed by atoms with Gasteiger partial charge in [0.2, 0.25) is 5.91 Å². The van der Waals surface area contributed by atoms with Gasteiger partial charge < -0.3 is 15.0 Å². The van der Waals surface area contributed by atoms with Gasteiger partial charge in [-0.1, -0.05) is 30.3 Å². The van der Waals surface area contributed by atoms with Crippen LogP contribution in [0.5, 0.6) is 0 Å². The monoisotopic (exact) mass is 402 g/mol. The fourth-order valence-corrected chi connectivity index (χ4v) is 3.86. The SMILES string of the molecule is COCCCNC(=O)CN1CCN(C(=O)c2csc(-c3ccccc3)n2)CC1. The number of thiazole rings is 1. The second-order valence-electron chi connectivity index (χ2n) is 6.67. The number of carbonyl (C=O) groups is 2. The minimum atomic E-state index is -0.0397. The summed E-state index contributed by atoms with van der Waals surface area (Å²) in [5, 5.41) is 5.57. The molecule has 0 atom stereocenters. The van der Waals surface area contributed by atoms with Crippen molar-refractivity contribution in [3.05, 3.63) is 41.4 Å². The molecule has 7 nitrogen and oxygen atoms in total. The molecule has 1 fully saturated rings. The van der Waals surface area contributed by atoms with Crippen molar-refractivity contribution in [2.24, 2.45) is 0 Å². The molecule has 8 heteroatoms. The third kappa shape index (κ3) is 5.60. The first-order valence-corrected chi connectivity index (χ1v) is 10.3. The van der Waals surface area contributed by atoms with Crippen molar-refractivity contribution in [1.29, 1.82) is 0 Å². The molecule has 0 aliphatic carbocycles. The van der Waals surface area contributed by atoms with E-state index in [0.29, 0.717) is 51.6 Å². The molecule has 1 aromatic carbocycles. The van der Waals surface area contributed by atoms with Gasteiger partial charge in [-0.05, 0) is 6.42 Å². The van der Waals surface area contributed by atoms with Gasteiger partial charge in [-0.3, -0.25) is 14.5 Å². The van der Waals surface area contributed by atoms with Gasteiger partial charge in [0.05, 0.1) is 6.54 Å². The first-order chi connectivity index (χ1) is 13.7. The zero-order valence-electron chi connectivity index (χ0n) is 16.1. The highest BCUT2D eigenvalue weighted by molar-refractivity contribution is 7.13. The summed E-state index contributed by atoms with van der Waals surface area (Å²) in [6.45, 7) is 4.22. The van der Waals surface area contributed by atoms with Crippen LogP contribution in [0.15, 0.2) is 35.7 Å². The number of hydrogen-bond donors (Lipinski definition) is 1. The molecule has 0 spiro atoms. The molecular weight excluding hydrogens is 376 g/mol. The van der Waals surface area contributed by atoms with Crippen molar-refractivity contribution < 1.29 is 14.3 Å². The Morgan fingerprint density at radius 2 is 1.93 bits per heavy atom. The summed E-state index contributed by atoms with van der Waals surface area (Å²) in [4.78, 5) is 33.1. The summed E-state index contributed by atoms with van der Waals surface area (Å²) in [7, 11) is 1.65. The molecule has 0 radical (unpaired) electrons. The number of piperazine rings is 1. The summed E-state index contributed by atoms with van der Waals surface area (Å²) in [5.41, 5.74) is 1.51. The van der Waals surface area contributed by atoms with Gasteiger partial charge in [0.15, 0.2) is 0 Å². The van der Waals surface area contributed by atoms with Crippen LogP contribution in [-0.2, 0) is 9.53 Å². The number of nitrogens with one attached hydrogen (secondary N) is 1. The zero-order chi connectivity index (χ0) is 19.8. The Hall–Kier alpha value is -2.29. The molecule has 3 rings (SSSR count). The highest BCUT2D eigenvalue weighted by Gasteiger charge is 2.24. The second-order valence-corrected chi connectivity index (χ2v) is 7.53. The third-order valence-electron chi connectivity index (χ3n) is 4.62. The molecule has 1 aliphatic rings. The second kappa shape index (κ2) is 10.3. The van der Waals surface area contributed by atoms with E-state index in [4.69, 9.17) is 4.74 Å². The molecule has 0 saturated carbocycles. The van der Waals surface area contributed by atoms with Gasteiger partial charge in [0.1, 0.15) is 10.7 Å². The number of ether oxygens (including phenoxy) is 1. The van der Waals surface area contributed by atoms with Gasteiger partial charge in [-0.25, -0.2) is 4.98 Å². The lowest BCUT2D eigenvalue weighted by atomic mass is 10.2. The highest BCUT2D eigenvalue weighted by Crippen LogP contribution is 2.24. The molecule has 1 aromatic heterocycles. The Balaban J connectivity index is 1.45. The molecule has 2 aromatic rings. The summed E-state index contributed by atoms with van der Waals surface area (Å²) in [6.07, 6.45) is 0.809. The van der Waals surface area contributed by atoms with Crippen LogP contribution in [0.25, 0.3) is 10.6 Å². The van der Waals surface area contributed by atoms with Crippen LogP contribution in [0.2, 0.25) is 0 Å². The van der Waals surface area contributed by atoms with E-state index in [1.54, 1.807) is 7.11 Å². The van der Waals surface area contributed by atoms with E-state index in [1.165, 1.54) is 11.3 Å². The topological polar surface area (TPSA) is 74.8 Å². The van der Waals surface area contributed by atoms with E-state index in [9.17, 15) is 9.59 Å². The average molecular weight is 403 g/mol. The van der Waals surface area contributed by atoms with Crippen LogP contribution in [0.4, 0.5) is 0 Å². The van der Waals surface area contributed by atoms with E-state index in [2.05, 4.69) is 15.2 Å². The van der Waals surface area contributed by atoms with Gasteiger partial charge in [-0.15, -0.1) is 11.3 Å². The van der Waals surface area contributed by atoms with Crippen molar-refractivity contribution in [3.8, 4) is 10.6 Å². The summed E-state index contributed by atoms with van der Waals surface area (Å²) >= 11 is 1.48. The minimum absolute atomic E-state index is 0.0166. The molecule has 1 aliphatic heterocycles. The predicted molar refractivity (Wildman–Crippen MR) is 109 cm³/mol. The number of carbonyl (C=O) groups excluding carboxylic acids is 2. The standard InChI is InChI=1S/C20H26N4O3S/c1-27-13-5-8-21-18(25)14-23-9-11-24(12-10-23)20(26)17-15-28-19(22-17)16-6-3-2-4-7-16/h2-4,6-7,15H,5,8-14H2,1H3,(H,21,25). The number of benzene rings is 1. The molecule has 0 unspecified atom stereocenters. The third-order valence-corrected chi connectivity index (χ3v) is 5.51. The summed E-state index contributed by atoms with van der Waals surface area (Å²) in [5.74, 6) is -0.0232. The van der Waals surface area contributed by atoms with Gasteiger partial charge in [0.25, 0.3) is 5.91 Å². The molecule has 2 heterocycles. The van der Waals surface area contributed by atoms with Crippen LogP contribution in [0.1, 0.15) is 16.9 Å². The Morgan fingerprint density at radius 3 is 2.64 bits per heavy atom. The Kier molecular flexibility index (Phi) is 7.53. The lowest BCUT2D eigenvalue weighted by Crippen LogP contribution is -2.51. The molecular formula is C20H26N4O3S. The van der Waals surface area contributed by atoms with Crippen LogP contribution in [0.3, 0.4) is 0 Å². The van der Waals surface area contributed by atoms with Crippen molar-refractivity contribution in [3.63, 3.8) is 0 Å². The summed E-state index contributed by atoms with van der Waals surface area (Å²) in [6, 6.07) is 9.87. The fourth-order valence-electron chi connectivity index (χ4n) is 3.06. The van der Waals surface area contributed by atoms with E-state index in [-0.39, 0.29) is 11.8 Å². The van der Waals surface area contributed by atoms with Crippen LogP contribution < -0.4 is 5.32 Å². The number of hydrogen-bond acceptors (Lipinski definition) is 6. The average Bonchev–Trinajstić information content (AvgIpc) is 3.22. The quantitative estimate of drug-likeness (QED) is 0.681. The lowest BCUT2D eigenvalue weighted by Gasteiger charge is -2.33. The van der Waals surface area contributed by atoms with E-state index in [0.717, 1.165) is 17.0 Å². The molecule has 1 saturated heterocycles. The van der Waals surface area contributed by atoms with Crippen LogP contribution >= 0.6 is 11.3 Å². The number of nitrogens with zero attached hydrogens (tertiary/aromatic N) is 3. The largest absolute Gasteiger partial charge is 0.385 e. The molecule has 2 amide bonds. The van der Waals surface area contributed by atoms with Crippen molar-refractivity contribution in [1.82, 2.24) is 20.1 Å². The van der Waals surface area contributed by atoms with E-state index >= 15 is 0 Å². The zero-order valence-corrected chi connectivity index (χ0v) is 16.9. The Morgan fingerprint density at radius 1 is 1.18 bits per heavy atom. The van der Waals surface area contributed by atoms with Gasteiger partial charge in [-0.2, -0.15) is 0 Å². The normalized spacial score (nSPS) is 14.8. The van der Waals surface area contributed by atoms with Crippen molar-refractivity contribution >= 4 is 23.2 Å². The predicted octanol–water partition coefficient (Wildman–Crippen LogP) is 1.72. The van der Waals surface area contributed by atoms with E-state index < -0.39 is 0 Å². The number of rotatable bonds is 8. The van der Waals surface area contributed by atoms with Crippen molar-refractivity contribution in [2.75, 3.05) is 53.0 Å². The number of amides is 2. The number of aromatic nitrogens is 1. The van der Waals surface area contributed by atoms with E-state index in [1.807, 2.05) is 40.6 Å². The maximum atomic E-state index is 12.7. The molecule has 150 valence electrons. The minimum Gasteiger partial charge on any atom is -0.385 e. The molecule has 0 bridgehead atoms. The van der Waals surface area contributed by atoms with Crippen LogP contribution in [0, 0.1) is 0 Å². The molecule has 1 N–H and O–H groups in total. The van der Waals surface area contributed by atoms with Gasteiger partial charge in [0, 0.05) is 57.4 Å². The smallest absolute Gasteiger partial charge is 0.273 e. The van der Waals surface area contributed by atoms with Gasteiger partial charge >= 0.3 is 0 Å². The Labute approximate surface area is 169 Å². The summed E-state index contributed by atoms with van der Waals surface area (Å²) < 4.78 is 4.97. The Bertz CT molecular complexity index is 773. The van der Waals surface area contributed by atoms with Crippen molar-refractivity contribution in [2.45, 2.75) is 6.42 Å². The first kappa shape index (κ1) is 20.4. The molecule has 28 heavy (non-hydrogen) atoms. The fraction of sp³-hybridized carbons (Fsp3) is 0.450. The maximum absolute atomic E-state index is 12.7. The number of methoxy groups -OCH3 is 1. The highest BCUT2D eigenvalue weighted by atomic mass is 32.1. The maximum Gasteiger partial charge on any atom is 0.273 e. The lowest BCUT2D eigenvalue weighted by molar-refractivity contribution is -0.122. The van der Waals surface area contributed by atoms with Crippen LogP contribution in [-0.4, -0.2) is 79.6 Å².